The zero-order valence-electron chi connectivity index (χ0n) is 10.5. The minimum Gasteiger partial charge on any atom is -0.390 e. The van der Waals surface area contributed by atoms with E-state index in [2.05, 4.69) is 39.5 Å². The van der Waals surface area contributed by atoms with Crippen molar-refractivity contribution in [3.8, 4) is 0 Å². The number of hydrogen-bond donors (Lipinski definition) is 1. The summed E-state index contributed by atoms with van der Waals surface area (Å²) in [5.74, 6) is 0. The van der Waals surface area contributed by atoms with Crippen molar-refractivity contribution in [1.29, 1.82) is 0 Å². The van der Waals surface area contributed by atoms with Crippen LogP contribution >= 0.6 is 0 Å². The van der Waals surface area contributed by atoms with Crippen LogP contribution in [0.1, 0.15) is 54.4 Å². The molecular weight excluding hydrogens is 174 g/mol. The lowest BCUT2D eigenvalue weighted by Crippen LogP contribution is -2.59. The van der Waals surface area contributed by atoms with E-state index in [-0.39, 0.29) is 5.54 Å². The number of rotatable bonds is 0. The normalized spacial score (nSPS) is 41.4. The quantitative estimate of drug-likeness (QED) is 0.647. The van der Waals surface area contributed by atoms with Crippen LogP contribution in [0.4, 0.5) is 0 Å². The maximum Gasteiger partial charge on any atom is 0.0649 e. The van der Waals surface area contributed by atoms with Crippen molar-refractivity contribution in [3.63, 3.8) is 0 Å². The molecule has 0 spiro atoms. The van der Waals surface area contributed by atoms with Crippen LogP contribution < -0.4 is 0 Å². The van der Waals surface area contributed by atoms with Gasteiger partial charge in [-0.25, -0.2) is 0 Å². The molecule has 84 valence electrons. The molecule has 2 nitrogen and oxygen atoms in total. The van der Waals surface area contributed by atoms with Crippen LogP contribution in [-0.4, -0.2) is 33.2 Å². The van der Waals surface area contributed by atoms with Gasteiger partial charge in [-0.2, -0.15) is 0 Å². The second kappa shape index (κ2) is 3.49. The largest absolute Gasteiger partial charge is 0.390 e. The number of nitrogens with zero attached hydrogens (tertiary/aromatic N) is 1. The van der Waals surface area contributed by atoms with E-state index >= 15 is 0 Å². The van der Waals surface area contributed by atoms with Gasteiger partial charge in [-0.15, -0.1) is 0 Å². The van der Waals surface area contributed by atoms with E-state index in [0.29, 0.717) is 12.1 Å². The summed E-state index contributed by atoms with van der Waals surface area (Å²) in [7, 11) is 0. The standard InChI is InChI=1S/C12H25NO/c1-9-7-12(6,14)8-10(2)13(9)11(3,4)5/h9-10,14H,7-8H2,1-6H3. The molecule has 0 bridgehead atoms. The van der Waals surface area contributed by atoms with Crippen molar-refractivity contribution in [2.75, 3.05) is 0 Å². The van der Waals surface area contributed by atoms with E-state index in [1.807, 2.05) is 6.92 Å². The first-order valence-corrected chi connectivity index (χ1v) is 5.64. The fourth-order valence-electron chi connectivity index (χ4n) is 3.31. The molecule has 1 fully saturated rings. The summed E-state index contributed by atoms with van der Waals surface area (Å²) in [6, 6.07) is 0.933. The molecule has 14 heavy (non-hydrogen) atoms. The van der Waals surface area contributed by atoms with Gasteiger partial charge in [0.2, 0.25) is 0 Å². The summed E-state index contributed by atoms with van der Waals surface area (Å²) in [5, 5.41) is 10.1. The van der Waals surface area contributed by atoms with Gasteiger partial charge in [0.05, 0.1) is 5.60 Å². The van der Waals surface area contributed by atoms with E-state index in [1.165, 1.54) is 0 Å². The highest BCUT2D eigenvalue weighted by atomic mass is 16.3. The minimum absolute atomic E-state index is 0.204. The second-order valence-corrected chi connectivity index (χ2v) is 6.18. The monoisotopic (exact) mass is 199 g/mol. The molecule has 1 aliphatic heterocycles. The van der Waals surface area contributed by atoms with E-state index < -0.39 is 5.60 Å². The molecule has 0 aromatic rings. The van der Waals surface area contributed by atoms with Crippen LogP contribution in [0.5, 0.6) is 0 Å². The molecule has 0 aliphatic carbocycles. The highest BCUT2D eigenvalue weighted by Gasteiger charge is 2.41. The average molecular weight is 199 g/mol. The summed E-state index contributed by atoms with van der Waals surface area (Å²) in [6.07, 6.45) is 1.77. The Morgan fingerprint density at radius 2 is 1.50 bits per heavy atom. The minimum atomic E-state index is -0.472. The Labute approximate surface area is 88.3 Å². The zero-order valence-corrected chi connectivity index (χ0v) is 10.5. The van der Waals surface area contributed by atoms with E-state index in [1.54, 1.807) is 0 Å². The van der Waals surface area contributed by atoms with Gasteiger partial charge < -0.3 is 5.11 Å². The predicted octanol–water partition coefficient (Wildman–Crippen LogP) is 2.41. The molecule has 1 rings (SSSR count). The Morgan fingerprint density at radius 3 is 1.79 bits per heavy atom. The Hall–Kier alpha value is -0.0800. The third-order valence-corrected chi connectivity index (χ3v) is 3.19. The maximum absolute atomic E-state index is 10.1. The van der Waals surface area contributed by atoms with Crippen LogP contribution in [-0.2, 0) is 0 Å². The van der Waals surface area contributed by atoms with Crippen LogP contribution in [0, 0.1) is 0 Å². The molecule has 0 aromatic carbocycles. The molecule has 0 aromatic heterocycles. The maximum atomic E-state index is 10.1. The third kappa shape index (κ3) is 2.48. The van der Waals surface area contributed by atoms with Gasteiger partial charge in [-0.1, -0.05) is 0 Å². The summed E-state index contributed by atoms with van der Waals surface area (Å²) in [4.78, 5) is 2.52. The van der Waals surface area contributed by atoms with E-state index in [4.69, 9.17) is 0 Å². The first-order valence-electron chi connectivity index (χ1n) is 5.64. The summed E-state index contributed by atoms with van der Waals surface area (Å²) < 4.78 is 0. The highest BCUT2D eigenvalue weighted by Crippen LogP contribution is 2.35. The second-order valence-electron chi connectivity index (χ2n) is 6.18. The number of piperidine rings is 1. The van der Waals surface area contributed by atoms with Crippen molar-refractivity contribution in [2.45, 2.75) is 77.6 Å². The number of hydrogen-bond acceptors (Lipinski definition) is 2. The summed E-state index contributed by atoms with van der Waals surface area (Å²) in [6.45, 7) is 13.1. The fourth-order valence-corrected chi connectivity index (χ4v) is 3.31. The van der Waals surface area contributed by atoms with Crippen LogP contribution in [0.25, 0.3) is 0 Å². The van der Waals surface area contributed by atoms with E-state index in [9.17, 15) is 5.11 Å². The lowest BCUT2D eigenvalue weighted by atomic mass is 9.82. The molecule has 1 aliphatic rings. The SMILES string of the molecule is CC1CC(C)(O)CC(C)N1C(C)(C)C. The number of aliphatic hydroxyl groups is 1. The fraction of sp³-hybridized carbons (Fsp3) is 1.00. The van der Waals surface area contributed by atoms with Crippen molar-refractivity contribution in [3.05, 3.63) is 0 Å². The van der Waals surface area contributed by atoms with Crippen molar-refractivity contribution < 1.29 is 5.11 Å². The van der Waals surface area contributed by atoms with Gasteiger partial charge in [0.1, 0.15) is 0 Å². The van der Waals surface area contributed by atoms with E-state index in [0.717, 1.165) is 12.8 Å². The topological polar surface area (TPSA) is 23.5 Å². The summed E-state index contributed by atoms with van der Waals surface area (Å²) in [5.41, 5.74) is -0.268. The van der Waals surface area contributed by atoms with Gasteiger partial charge in [0.25, 0.3) is 0 Å². The smallest absolute Gasteiger partial charge is 0.0649 e. The first-order chi connectivity index (χ1) is 6.13. The Kier molecular flexibility index (Phi) is 2.99. The molecule has 1 saturated heterocycles. The molecule has 2 atom stereocenters. The summed E-state index contributed by atoms with van der Waals surface area (Å²) >= 11 is 0. The van der Waals surface area contributed by atoms with Crippen LogP contribution in [0.15, 0.2) is 0 Å². The molecular formula is C12H25NO. The molecule has 0 amide bonds. The Morgan fingerprint density at radius 1 is 1.14 bits per heavy atom. The molecule has 1 N–H and O–H groups in total. The molecule has 0 saturated carbocycles. The van der Waals surface area contributed by atoms with Crippen molar-refractivity contribution >= 4 is 0 Å². The van der Waals surface area contributed by atoms with Gasteiger partial charge in [0, 0.05) is 17.6 Å². The third-order valence-electron chi connectivity index (χ3n) is 3.19. The lowest BCUT2D eigenvalue weighted by Gasteiger charge is -2.51. The lowest BCUT2D eigenvalue weighted by molar-refractivity contribution is -0.0844. The van der Waals surface area contributed by atoms with Crippen molar-refractivity contribution in [1.82, 2.24) is 4.90 Å². The Bertz CT molecular complexity index is 191. The molecule has 2 unspecified atom stereocenters. The van der Waals surface area contributed by atoms with Gasteiger partial charge >= 0.3 is 0 Å². The van der Waals surface area contributed by atoms with Gasteiger partial charge in [-0.3, -0.25) is 4.90 Å². The van der Waals surface area contributed by atoms with Crippen LogP contribution in [0.2, 0.25) is 0 Å². The molecule has 2 heteroatoms. The average Bonchev–Trinajstić information content (AvgIpc) is 1.75. The highest BCUT2D eigenvalue weighted by molar-refractivity contribution is 4.96. The number of likely N-dealkylation sites (tertiary alicyclic amines) is 1. The predicted molar refractivity (Wildman–Crippen MR) is 60.4 cm³/mol. The molecule has 0 radical (unpaired) electrons. The molecule has 1 heterocycles. The van der Waals surface area contributed by atoms with Crippen molar-refractivity contribution in [2.24, 2.45) is 0 Å². The van der Waals surface area contributed by atoms with Gasteiger partial charge in [0.15, 0.2) is 0 Å². The first kappa shape index (κ1) is 12.0. The zero-order chi connectivity index (χ0) is 11.1. The Balaban J connectivity index is 2.81. The van der Waals surface area contributed by atoms with Gasteiger partial charge in [-0.05, 0) is 54.4 Å². The van der Waals surface area contributed by atoms with Crippen LogP contribution in [0.3, 0.4) is 0 Å².